The van der Waals surface area contributed by atoms with Crippen molar-refractivity contribution < 1.29 is 13.2 Å². The van der Waals surface area contributed by atoms with E-state index in [0.717, 1.165) is 37.2 Å². The van der Waals surface area contributed by atoms with E-state index in [4.69, 9.17) is 0 Å². The van der Waals surface area contributed by atoms with Gasteiger partial charge in [0, 0.05) is 18.5 Å². The van der Waals surface area contributed by atoms with Crippen LogP contribution in [-0.4, -0.2) is 36.9 Å². The van der Waals surface area contributed by atoms with Crippen molar-refractivity contribution in [3.05, 3.63) is 28.8 Å². The molecule has 8 nitrogen and oxygen atoms in total. The van der Waals surface area contributed by atoms with Crippen LogP contribution in [0.2, 0.25) is 0 Å². The van der Waals surface area contributed by atoms with E-state index in [-0.39, 0.29) is 10.5 Å². The molecule has 1 saturated heterocycles. The molecule has 2 aliphatic heterocycles. The molecule has 0 saturated carbocycles. The molecule has 1 fully saturated rings. The number of anilines is 2. The van der Waals surface area contributed by atoms with Crippen molar-refractivity contribution in [3.63, 3.8) is 0 Å². The first-order valence-corrected chi connectivity index (χ1v) is 11.1. The number of amides is 1. The predicted molar refractivity (Wildman–Crippen MR) is 104 cm³/mol. The minimum Gasteiger partial charge on any atom is -0.328 e. The Balaban J connectivity index is 1.66. The molecule has 0 spiro atoms. The molecule has 0 aliphatic carbocycles. The number of nitrogens with one attached hydrogen (secondary N) is 1. The van der Waals surface area contributed by atoms with Gasteiger partial charge in [0.05, 0.1) is 5.69 Å². The topological polar surface area (TPSA) is 105 Å². The standard InChI is InChI=1S/C17H19N5O3S2/c1-2-15-19-20-17(26-15)18-16(23)11-7-8-12-13(10-11)27(24,25)21-14-6-4-3-5-9-22(12)14/h7-8,10H,2-6,9H2,1H3,(H,18,20,23). The number of carbonyl (C=O) groups is 1. The molecule has 1 N–H and O–H groups in total. The molecule has 2 aromatic rings. The molecule has 1 aromatic heterocycles. The number of hydrogen-bond donors (Lipinski definition) is 1. The number of rotatable bonds is 3. The van der Waals surface area contributed by atoms with Crippen LogP contribution in [0.25, 0.3) is 0 Å². The fraction of sp³-hybridized carbons (Fsp3) is 0.412. The van der Waals surface area contributed by atoms with E-state index in [9.17, 15) is 13.2 Å². The number of hydrogen-bond acceptors (Lipinski definition) is 7. The van der Waals surface area contributed by atoms with Gasteiger partial charge in [-0.2, -0.15) is 8.42 Å². The Bertz CT molecular complexity index is 1030. The first-order valence-electron chi connectivity index (χ1n) is 8.87. The number of aryl methyl sites for hydroxylation is 1. The molecule has 10 heteroatoms. The van der Waals surface area contributed by atoms with Crippen LogP contribution < -0.4 is 10.2 Å². The normalized spacial score (nSPS) is 18.1. The summed E-state index contributed by atoms with van der Waals surface area (Å²) in [5, 5.41) is 11.8. The van der Waals surface area contributed by atoms with Crippen molar-refractivity contribution in [2.24, 2.45) is 4.40 Å². The zero-order valence-electron chi connectivity index (χ0n) is 14.8. The average molecular weight is 406 g/mol. The van der Waals surface area contributed by atoms with Gasteiger partial charge in [0.1, 0.15) is 15.7 Å². The molecule has 0 bridgehead atoms. The Morgan fingerprint density at radius 1 is 1.26 bits per heavy atom. The van der Waals surface area contributed by atoms with Crippen LogP contribution in [-0.2, 0) is 16.4 Å². The molecular formula is C17H19N5O3S2. The van der Waals surface area contributed by atoms with Crippen LogP contribution in [0.4, 0.5) is 10.8 Å². The summed E-state index contributed by atoms with van der Waals surface area (Å²) >= 11 is 1.30. The lowest BCUT2D eigenvalue weighted by atomic mass is 10.1. The summed E-state index contributed by atoms with van der Waals surface area (Å²) in [7, 11) is -3.82. The molecule has 1 aromatic carbocycles. The fourth-order valence-corrected chi connectivity index (χ4v) is 5.20. The molecule has 3 heterocycles. The first kappa shape index (κ1) is 18.1. The zero-order chi connectivity index (χ0) is 19.0. The number of nitrogens with zero attached hydrogens (tertiary/aromatic N) is 4. The number of aromatic nitrogens is 2. The third-order valence-electron chi connectivity index (χ3n) is 4.60. The fourth-order valence-electron chi connectivity index (χ4n) is 3.24. The first-order chi connectivity index (χ1) is 13.0. The van der Waals surface area contributed by atoms with Gasteiger partial charge in [-0.05, 0) is 37.5 Å². The number of amidine groups is 1. The van der Waals surface area contributed by atoms with Gasteiger partial charge in [0.15, 0.2) is 0 Å². The summed E-state index contributed by atoms with van der Waals surface area (Å²) in [5.74, 6) is 0.176. The van der Waals surface area contributed by atoms with Crippen molar-refractivity contribution in [1.29, 1.82) is 0 Å². The highest BCUT2D eigenvalue weighted by Crippen LogP contribution is 2.35. The lowest BCUT2D eigenvalue weighted by Crippen LogP contribution is -2.35. The summed E-state index contributed by atoms with van der Waals surface area (Å²) in [6.07, 6.45) is 4.35. The van der Waals surface area contributed by atoms with Gasteiger partial charge in [-0.1, -0.05) is 24.7 Å². The Morgan fingerprint density at radius 2 is 2.11 bits per heavy atom. The second-order valence-corrected chi connectivity index (χ2v) is 9.07. The Hall–Kier alpha value is -2.33. The second-order valence-electron chi connectivity index (χ2n) is 6.44. The van der Waals surface area contributed by atoms with Gasteiger partial charge in [0.25, 0.3) is 15.9 Å². The van der Waals surface area contributed by atoms with E-state index >= 15 is 0 Å². The van der Waals surface area contributed by atoms with Gasteiger partial charge in [-0.15, -0.1) is 14.6 Å². The van der Waals surface area contributed by atoms with Crippen LogP contribution in [0, 0.1) is 0 Å². The summed E-state index contributed by atoms with van der Waals surface area (Å²) in [5.41, 5.74) is 0.849. The van der Waals surface area contributed by atoms with Crippen molar-refractivity contribution >= 4 is 43.9 Å². The Labute approximate surface area is 161 Å². The Kier molecular flexibility index (Phi) is 4.68. The number of benzene rings is 1. The lowest BCUT2D eigenvalue weighted by molar-refractivity contribution is 0.102. The monoisotopic (exact) mass is 405 g/mol. The van der Waals surface area contributed by atoms with E-state index in [1.807, 2.05) is 11.8 Å². The summed E-state index contributed by atoms with van der Waals surface area (Å²) in [6, 6.07) is 4.73. The van der Waals surface area contributed by atoms with E-state index in [2.05, 4.69) is 19.9 Å². The maximum atomic E-state index is 12.6. The molecule has 142 valence electrons. The van der Waals surface area contributed by atoms with Crippen LogP contribution in [0.15, 0.2) is 27.5 Å². The van der Waals surface area contributed by atoms with E-state index < -0.39 is 15.9 Å². The molecule has 1 amide bonds. The average Bonchev–Trinajstić information content (AvgIpc) is 2.97. The molecule has 0 unspecified atom stereocenters. The zero-order valence-corrected chi connectivity index (χ0v) is 16.4. The van der Waals surface area contributed by atoms with Crippen molar-refractivity contribution in [2.45, 2.75) is 43.9 Å². The number of sulfonamides is 1. The molecule has 27 heavy (non-hydrogen) atoms. The largest absolute Gasteiger partial charge is 0.328 e. The summed E-state index contributed by atoms with van der Waals surface area (Å²) in [4.78, 5) is 14.6. The second kappa shape index (κ2) is 7.01. The third kappa shape index (κ3) is 3.46. The van der Waals surface area contributed by atoms with Gasteiger partial charge in [0.2, 0.25) is 5.13 Å². The highest BCUT2D eigenvalue weighted by molar-refractivity contribution is 7.90. The Morgan fingerprint density at radius 3 is 2.89 bits per heavy atom. The van der Waals surface area contributed by atoms with E-state index in [1.165, 1.54) is 17.4 Å². The predicted octanol–water partition coefficient (Wildman–Crippen LogP) is 2.83. The third-order valence-corrected chi connectivity index (χ3v) is 6.92. The van der Waals surface area contributed by atoms with E-state index in [0.29, 0.717) is 23.1 Å². The highest BCUT2D eigenvalue weighted by atomic mass is 32.2. The van der Waals surface area contributed by atoms with Crippen LogP contribution in [0.1, 0.15) is 48.0 Å². The minimum atomic E-state index is -3.82. The molecule has 2 aliphatic rings. The van der Waals surface area contributed by atoms with Gasteiger partial charge in [-0.25, -0.2) is 0 Å². The van der Waals surface area contributed by atoms with Crippen LogP contribution in [0.3, 0.4) is 0 Å². The van der Waals surface area contributed by atoms with E-state index in [1.54, 1.807) is 12.1 Å². The minimum absolute atomic E-state index is 0.0762. The van der Waals surface area contributed by atoms with Crippen molar-refractivity contribution in [3.8, 4) is 0 Å². The van der Waals surface area contributed by atoms with Crippen molar-refractivity contribution in [1.82, 2.24) is 10.2 Å². The van der Waals surface area contributed by atoms with Gasteiger partial charge < -0.3 is 4.90 Å². The van der Waals surface area contributed by atoms with Gasteiger partial charge >= 0.3 is 0 Å². The molecular weight excluding hydrogens is 386 g/mol. The van der Waals surface area contributed by atoms with Crippen molar-refractivity contribution in [2.75, 3.05) is 16.8 Å². The van der Waals surface area contributed by atoms with Crippen LogP contribution in [0.5, 0.6) is 0 Å². The molecule has 0 atom stereocenters. The smallest absolute Gasteiger partial charge is 0.286 e. The number of fused-ring (bicyclic) bond motifs is 3. The maximum Gasteiger partial charge on any atom is 0.286 e. The lowest BCUT2D eigenvalue weighted by Gasteiger charge is -2.29. The molecule has 0 radical (unpaired) electrons. The SMILES string of the molecule is CCc1nnc(NC(=O)c2ccc3c(c2)S(=O)(=O)N=C2CCCCCN23)s1. The summed E-state index contributed by atoms with van der Waals surface area (Å²) in [6.45, 7) is 2.69. The van der Waals surface area contributed by atoms with Gasteiger partial charge in [-0.3, -0.25) is 10.1 Å². The molecule has 4 rings (SSSR count). The number of carbonyl (C=O) groups excluding carboxylic acids is 1. The van der Waals surface area contributed by atoms with Crippen LogP contribution >= 0.6 is 11.3 Å². The quantitative estimate of drug-likeness (QED) is 0.842. The highest BCUT2D eigenvalue weighted by Gasteiger charge is 2.32. The maximum absolute atomic E-state index is 12.6. The summed E-state index contributed by atoms with van der Waals surface area (Å²) < 4.78 is 29.3.